The molecule has 5 heteroatoms. The van der Waals surface area contributed by atoms with E-state index in [-0.39, 0.29) is 19.1 Å². The lowest BCUT2D eigenvalue weighted by Gasteiger charge is -2.44. The number of carbonyl (C=O) groups excluding carboxylic acids is 2. The first-order chi connectivity index (χ1) is 13.7. The quantitative estimate of drug-likeness (QED) is 0.736. The molecule has 2 aliphatic rings. The molecule has 4 rings (SSSR count). The van der Waals surface area contributed by atoms with Gasteiger partial charge in [-0.25, -0.2) is 4.79 Å². The van der Waals surface area contributed by atoms with E-state index in [4.69, 9.17) is 9.47 Å². The van der Waals surface area contributed by atoms with Crippen LogP contribution in [-0.4, -0.2) is 42.6 Å². The average Bonchev–Trinajstić information content (AvgIpc) is 2.75. The Morgan fingerprint density at radius 2 is 1.71 bits per heavy atom. The van der Waals surface area contributed by atoms with Gasteiger partial charge in [0.25, 0.3) is 5.91 Å². The molecule has 0 spiro atoms. The minimum absolute atomic E-state index is 0.0735. The third-order valence-electron chi connectivity index (χ3n) is 6.00. The van der Waals surface area contributed by atoms with Gasteiger partial charge in [0, 0.05) is 12.6 Å². The number of carbonyl (C=O) groups is 2. The van der Waals surface area contributed by atoms with Gasteiger partial charge in [-0.05, 0) is 54.5 Å². The highest BCUT2D eigenvalue weighted by Crippen LogP contribution is 2.35. The van der Waals surface area contributed by atoms with E-state index in [1.165, 1.54) is 25.7 Å². The number of amides is 1. The van der Waals surface area contributed by atoms with Crippen molar-refractivity contribution in [3.63, 3.8) is 0 Å². The Hall–Kier alpha value is -2.56. The first kappa shape index (κ1) is 18.8. The fourth-order valence-corrected chi connectivity index (χ4v) is 4.60. The smallest absolute Gasteiger partial charge is 0.344 e. The van der Waals surface area contributed by atoms with Crippen LogP contribution in [0.4, 0.5) is 0 Å². The zero-order valence-electron chi connectivity index (χ0n) is 16.1. The van der Waals surface area contributed by atoms with Crippen LogP contribution in [0.3, 0.4) is 0 Å². The summed E-state index contributed by atoms with van der Waals surface area (Å²) in [4.78, 5) is 26.6. The summed E-state index contributed by atoms with van der Waals surface area (Å²) in [6.07, 6.45) is 7.01. The SMILES string of the molecule is O=C(COc1ccc2ccccc2c1)OCC(=O)N1CCC[C@@H]2CCCC[C@@H]21. The molecule has 0 radical (unpaired) electrons. The number of fused-ring (bicyclic) bond motifs is 2. The van der Waals surface area contributed by atoms with Crippen molar-refractivity contribution in [3.8, 4) is 5.75 Å². The maximum absolute atomic E-state index is 12.6. The van der Waals surface area contributed by atoms with Gasteiger partial charge in [0.05, 0.1) is 0 Å². The number of nitrogens with zero attached hydrogens (tertiary/aromatic N) is 1. The second kappa shape index (κ2) is 8.63. The number of benzene rings is 2. The van der Waals surface area contributed by atoms with Gasteiger partial charge >= 0.3 is 5.97 Å². The van der Waals surface area contributed by atoms with Crippen LogP contribution in [0, 0.1) is 5.92 Å². The fraction of sp³-hybridized carbons (Fsp3) is 0.478. The normalized spacial score (nSPS) is 21.8. The summed E-state index contributed by atoms with van der Waals surface area (Å²) in [6.45, 7) is 0.395. The highest BCUT2D eigenvalue weighted by atomic mass is 16.6. The van der Waals surface area contributed by atoms with Crippen molar-refractivity contribution in [2.45, 2.75) is 44.6 Å². The van der Waals surface area contributed by atoms with E-state index in [0.29, 0.717) is 17.7 Å². The molecule has 0 unspecified atom stereocenters. The predicted molar refractivity (Wildman–Crippen MR) is 107 cm³/mol. The van der Waals surface area contributed by atoms with Crippen LogP contribution in [0.2, 0.25) is 0 Å². The topological polar surface area (TPSA) is 55.8 Å². The summed E-state index contributed by atoms with van der Waals surface area (Å²) in [7, 11) is 0. The summed E-state index contributed by atoms with van der Waals surface area (Å²) in [5.74, 6) is 0.649. The molecular formula is C23H27NO4. The molecule has 1 saturated carbocycles. The van der Waals surface area contributed by atoms with E-state index >= 15 is 0 Å². The van der Waals surface area contributed by atoms with E-state index in [1.54, 1.807) is 0 Å². The van der Waals surface area contributed by atoms with Gasteiger partial charge in [-0.3, -0.25) is 4.79 Å². The Kier molecular flexibility index (Phi) is 5.79. The van der Waals surface area contributed by atoms with Crippen molar-refractivity contribution in [1.82, 2.24) is 4.90 Å². The standard InChI is InChI=1S/C23H27NO4/c25-22(24-13-5-9-18-7-3-4-10-21(18)24)15-28-23(26)16-27-20-12-11-17-6-1-2-8-19(17)14-20/h1-2,6,8,11-12,14,18,21H,3-5,7,9-10,13,15-16H2/t18-,21-/m0/s1. The predicted octanol–water partition coefficient (Wildman–Crippen LogP) is 3.94. The van der Waals surface area contributed by atoms with Crippen molar-refractivity contribution < 1.29 is 19.1 Å². The number of esters is 1. The Morgan fingerprint density at radius 1 is 0.929 bits per heavy atom. The molecular weight excluding hydrogens is 354 g/mol. The Bertz CT molecular complexity index is 847. The second-order valence-electron chi connectivity index (χ2n) is 7.80. The molecule has 1 aliphatic carbocycles. The molecule has 1 saturated heterocycles. The van der Waals surface area contributed by atoms with Crippen molar-refractivity contribution >= 4 is 22.6 Å². The maximum Gasteiger partial charge on any atom is 0.344 e. The minimum atomic E-state index is -0.515. The van der Waals surface area contributed by atoms with Crippen LogP contribution in [-0.2, 0) is 14.3 Å². The molecule has 28 heavy (non-hydrogen) atoms. The summed E-state index contributed by atoms with van der Waals surface area (Å²) in [6, 6.07) is 14.0. The highest BCUT2D eigenvalue weighted by molar-refractivity contribution is 5.84. The van der Waals surface area contributed by atoms with E-state index < -0.39 is 5.97 Å². The first-order valence-electron chi connectivity index (χ1n) is 10.3. The zero-order chi connectivity index (χ0) is 19.3. The first-order valence-corrected chi connectivity index (χ1v) is 10.3. The van der Waals surface area contributed by atoms with Gasteiger partial charge in [0.1, 0.15) is 5.75 Å². The van der Waals surface area contributed by atoms with Crippen molar-refractivity contribution in [2.24, 2.45) is 5.92 Å². The minimum Gasteiger partial charge on any atom is -0.482 e. The monoisotopic (exact) mass is 381 g/mol. The van der Waals surface area contributed by atoms with Crippen molar-refractivity contribution in [3.05, 3.63) is 42.5 Å². The Labute approximate surface area is 165 Å². The van der Waals surface area contributed by atoms with Crippen LogP contribution in [0.1, 0.15) is 38.5 Å². The summed E-state index contributed by atoms with van der Waals surface area (Å²) >= 11 is 0. The van der Waals surface area contributed by atoms with Gasteiger partial charge in [0.15, 0.2) is 13.2 Å². The van der Waals surface area contributed by atoms with Gasteiger partial charge in [0.2, 0.25) is 0 Å². The maximum atomic E-state index is 12.6. The van der Waals surface area contributed by atoms with Crippen molar-refractivity contribution in [2.75, 3.05) is 19.8 Å². The number of piperidine rings is 1. The molecule has 0 bridgehead atoms. The summed E-state index contributed by atoms with van der Waals surface area (Å²) in [5, 5.41) is 2.17. The van der Waals surface area contributed by atoms with Crippen molar-refractivity contribution in [1.29, 1.82) is 0 Å². The largest absolute Gasteiger partial charge is 0.482 e. The van der Waals surface area contributed by atoms with Gasteiger partial charge < -0.3 is 14.4 Å². The van der Waals surface area contributed by atoms with Gasteiger partial charge in [-0.2, -0.15) is 0 Å². The molecule has 1 aliphatic heterocycles. The lowest BCUT2D eigenvalue weighted by molar-refractivity contribution is -0.156. The summed E-state index contributed by atoms with van der Waals surface area (Å²) < 4.78 is 10.7. The molecule has 1 amide bonds. The highest BCUT2D eigenvalue weighted by Gasteiger charge is 2.35. The molecule has 2 aromatic rings. The van der Waals surface area contributed by atoms with E-state index in [2.05, 4.69) is 0 Å². The Balaban J connectivity index is 1.26. The second-order valence-corrected chi connectivity index (χ2v) is 7.80. The van der Waals surface area contributed by atoms with Crippen LogP contribution in [0.25, 0.3) is 10.8 Å². The lowest BCUT2D eigenvalue weighted by atomic mass is 9.78. The van der Waals surface area contributed by atoms with Crippen LogP contribution in [0.5, 0.6) is 5.75 Å². The number of ether oxygens (including phenoxy) is 2. The van der Waals surface area contributed by atoms with Crippen LogP contribution < -0.4 is 4.74 Å². The molecule has 1 heterocycles. The fourth-order valence-electron chi connectivity index (χ4n) is 4.60. The van der Waals surface area contributed by atoms with Crippen LogP contribution in [0.15, 0.2) is 42.5 Å². The zero-order valence-corrected chi connectivity index (χ0v) is 16.1. The molecule has 2 aromatic carbocycles. The lowest BCUT2D eigenvalue weighted by Crippen LogP contribution is -2.51. The van der Waals surface area contributed by atoms with E-state index in [1.807, 2.05) is 47.4 Å². The molecule has 0 aromatic heterocycles. The molecule has 2 atom stereocenters. The molecule has 2 fully saturated rings. The number of hydrogen-bond acceptors (Lipinski definition) is 4. The molecule has 5 nitrogen and oxygen atoms in total. The Morgan fingerprint density at radius 3 is 2.61 bits per heavy atom. The number of likely N-dealkylation sites (tertiary alicyclic amines) is 1. The van der Waals surface area contributed by atoms with E-state index in [9.17, 15) is 9.59 Å². The van der Waals surface area contributed by atoms with Crippen LogP contribution >= 0.6 is 0 Å². The third-order valence-corrected chi connectivity index (χ3v) is 6.00. The van der Waals surface area contributed by atoms with E-state index in [0.717, 1.165) is 30.2 Å². The number of hydrogen-bond donors (Lipinski definition) is 0. The molecule has 148 valence electrons. The third kappa shape index (κ3) is 4.29. The summed E-state index contributed by atoms with van der Waals surface area (Å²) in [5.41, 5.74) is 0. The average molecular weight is 381 g/mol. The van der Waals surface area contributed by atoms with Gasteiger partial charge in [-0.1, -0.05) is 43.2 Å². The van der Waals surface area contributed by atoms with Gasteiger partial charge in [-0.15, -0.1) is 0 Å². The molecule has 0 N–H and O–H groups in total. The number of rotatable bonds is 5.